The topological polar surface area (TPSA) is 91.7 Å². The Morgan fingerprint density at radius 1 is 1.03 bits per heavy atom. The molecule has 3 fully saturated rings. The highest BCUT2D eigenvalue weighted by atomic mass is 16.4. The molecule has 0 aromatic rings. The number of ketones is 1. The van der Waals surface area contributed by atoms with Gasteiger partial charge in [0.15, 0.2) is 0 Å². The molecule has 3 aliphatic carbocycles. The molecule has 0 aliphatic heterocycles. The van der Waals surface area contributed by atoms with Gasteiger partial charge in [-0.15, -0.1) is 0 Å². The van der Waals surface area contributed by atoms with Crippen LogP contribution in [0.25, 0.3) is 0 Å². The van der Waals surface area contributed by atoms with Crippen LogP contribution in [-0.2, 0) is 14.4 Å². The van der Waals surface area contributed by atoms with Gasteiger partial charge in [-0.25, -0.2) is 0 Å². The molecular weight excluding hydrogens is 440 g/mol. The third-order valence-corrected chi connectivity index (χ3v) is 10.9. The average molecular weight is 491 g/mol. The maximum atomic E-state index is 13.6. The van der Waals surface area contributed by atoms with E-state index in [-0.39, 0.29) is 18.1 Å². The summed E-state index contributed by atoms with van der Waals surface area (Å²) in [4.78, 5) is 36.9. The van der Waals surface area contributed by atoms with Crippen LogP contribution in [0, 0.1) is 58.2 Å². The van der Waals surface area contributed by atoms with Gasteiger partial charge >= 0.3 is 11.9 Å². The lowest BCUT2D eigenvalue weighted by Crippen LogP contribution is -2.56. The Morgan fingerprint density at radius 2 is 1.71 bits per heavy atom. The van der Waals surface area contributed by atoms with Gasteiger partial charge in [-0.1, -0.05) is 67.2 Å². The Hall–Kier alpha value is -1.39. The number of carboxylic acid groups (broad SMARTS) is 2. The van der Waals surface area contributed by atoms with Gasteiger partial charge in [-0.05, 0) is 78.9 Å². The zero-order valence-electron chi connectivity index (χ0n) is 23.0. The van der Waals surface area contributed by atoms with Crippen molar-refractivity contribution >= 4 is 17.7 Å². The van der Waals surface area contributed by atoms with Crippen LogP contribution in [-0.4, -0.2) is 27.9 Å². The van der Waals surface area contributed by atoms with Crippen molar-refractivity contribution in [1.82, 2.24) is 0 Å². The molecule has 200 valence electrons. The Labute approximate surface area is 212 Å². The monoisotopic (exact) mass is 490 g/mol. The quantitative estimate of drug-likeness (QED) is 0.323. The Morgan fingerprint density at radius 3 is 2.29 bits per heavy atom. The van der Waals surface area contributed by atoms with Crippen molar-refractivity contribution in [3.63, 3.8) is 0 Å². The van der Waals surface area contributed by atoms with Gasteiger partial charge in [0.05, 0.1) is 12.3 Å². The van der Waals surface area contributed by atoms with Crippen molar-refractivity contribution in [3.05, 3.63) is 0 Å². The van der Waals surface area contributed by atoms with E-state index in [1.54, 1.807) is 0 Å². The minimum absolute atomic E-state index is 0.156. The molecule has 35 heavy (non-hydrogen) atoms. The number of Topliss-reactive ketones (excluding diaryl/α,β-unsaturated/α-hetero) is 1. The molecule has 9 atom stereocenters. The summed E-state index contributed by atoms with van der Waals surface area (Å²) < 4.78 is 0. The highest BCUT2D eigenvalue weighted by Gasteiger charge is 2.62. The second-order valence-corrected chi connectivity index (χ2v) is 13.4. The second kappa shape index (κ2) is 10.9. The van der Waals surface area contributed by atoms with E-state index in [0.717, 1.165) is 31.1 Å². The van der Waals surface area contributed by atoms with Crippen molar-refractivity contribution in [1.29, 1.82) is 0 Å². The summed E-state index contributed by atoms with van der Waals surface area (Å²) >= 11 is 0. The highest BCUT2D eigenvalue weighted by molar-refractivity contribution is 5.87. The van der Waals surface area contributed by atoms with Crippen LogP contribution in [0.1, 0.15) is 112 Å². The molecule has 0 amide bonds. The van der Waals surface area contributed by atoms with Crippen LogP contribution in [0.15, 0.2) is 0 Å². The smallest absolute Gasteiger partial charge is 0.307 e. The third kappa shape index (κ3) is 5.49. The lowest BCUT2D eigenvalue weighted by Gasteiger charge is -2.59. The Kier molecular flexibility index (Phi) is 8.80. The van der Waals surface area contributed by atoms with Crippen LogP contribution in [0.2, 0.25) is 0 Å². The molecule has 5 unspecified atom stereocenters. The van der Waals surface area contributed by atoms with Gasteiger partial charge < -0.3 is 10.2 Å². The molecule has 5 nitrogen and oxygen atoms in total. The number of rotatable bonds is 11. The summed E-state index contributed by atoms with van der Waals surface area (Å²) in [6.07, 6.45) is 9.69. The fraction of sp³-hybridized carbons (Fsp3) is 0.900. The lowest BCUT2D eigenvalue weighted by molar-refractivity contribution is -0.161. The molecule has 3 rings (SSSR count). The fourth-order valence-electron chi connectivity index (χ4n) is 9.09. The minimum Gasteiger partial charge on any atom is -0.481 e. The van der Waals surface area contributed by atoms with Gasteiger partial charge in [0.25, 0.3) is 0 Å². The minimum atomic E-state index is -1.10. The van der Waals surface area contributed by atoms with E-state index >= 15 is 0 Å². The van der Waals surface area contributed by atoms with Crippen LogP contribution in [0.4, 0.5) is 0 Å². The number of carbonyl (C=O) groups is 3. The zero-order valence-corrected chi connectivity index (χ0v) is 23.0. The SMILES string of the molecule is CC[C@H]1CC(=O)[C@](C)(C[C@@H](CC(=O)O)C(=O)O)C2CC[C@]3(C)C(C(C)CCCC(C)C)CCC3C21. The molecule has 2 N–H and O–H groups in total. The van der Waals surface area contributed by atoms with Crippen LogP contribution < -0.4 is 0 Å². The number of hydrogen-bond donors (Lipinski definition) is 2. The van der Waals surface area contributed by atoms with Gasteiger partial charge in [-0.3, -0.25) is 14.4 Å². The Balaban J connectivity index is 1.86. The number of carbonyl (C=O) groups excluding carboxylic acids is 1. The number of fused-ring (bicyclic) bond motifs is 3. The lowest BCUT2D eigenvalue weighted by atomic mass is 9.45. The molecular formula is C30H50O5. The van der Waals surface area contributed by atoms with Crippen LogP contribution in [0.5, 0.6) is 0 Å². The summed E-state index contributed by atoms with van der Waals surface area (Å²) in [5.41, 5.74) is -0.447. The van der Waals surface area contributed by atoms with Crippen molar-refractivity contribution in [2.75, 3.05) is 0 Å². The van der Waals surface area contributed by atoms with E-state index in [4.69, 9.17) is 0 Å². The predicted octanol–water partition coefficient (Wildman–Crippen LogP) is 7.08. The normalized spacial score (nSPS) is 38.6. The van der Waals surface area contributed by atoms with E-state index in [9.17, 15) is 24.6 Å². The highest BCUT2D eigenvalue weighted by Crippen LogP contribution is 2.67. The first-order valence-corrected chi connectivity index (χ1v) is 14.3. The standard InChI is InChI=1S/C30H50O5/c1-7-20-15-25(31)30(6,17-21(28(34)35)16-26(32)33)24-13-14-29(5)22(11-12-23(29)27(20)24)19(4)10-8-9-18(2)3/h18-24,27H,7-17H2,1-6H3,(H,32,33)(H,34,35)/t19?,20-,21+,22?,23?,24?,27?,29+,30+/m0/s1. The molecule has 0 bridgehead atoms. The first-order valence-electron chi connectivity index (χ1n) is 14.3. The zero-order chi connectivity index (χ0) is 26.1. The number of hydrogen-bond acceptors (Lipinski definition) is 3. The maximum Gasteiger partial charge on any atom is 0.307 e. The first kappa shape index (κ1) is 28.2. The average Bonchev–Trinajstić information content (AvgIpc) is 3.12. The molecule has 0 radical (unpaired) electrons. The molecule has 3 saturated carbocycles. The predicted molar refractivity (Wildman–Crippen MR) is 138 cm³/mol. The fourth-order valence-corrected chi connectivity index (χ4v) is 9.09. The second-order valence-electron chi connectivity index (χ2n) is 13.4. The Bertz CT molecular complexity index is 790. The molecule has 3 aliphatic rings. The van der Waals surface area contributed by atoms with E-state index in [2.05, 4.69) is 34.6 Å². The van der Waals surface area contributed by atoms with Crippen molar-refractivity contribution in [2.24, 2.45) is 58.2 Å². The summed E-state index contributed by atoms with van der Waals surface area (Å²) in [6, 6.07) is 0. The largest absolute Gasteiger partial charge is 0.481 e. The molecule has 5 heteroatoms. The van der Waals surface area contributed by atoms with Gasteiger partial charge in [-0.2, -0.15) is 0 Å². The molecule has 0 aromatic carbocycles. The van der Waals surface area contributed by atoms with Crippen molar-refractivity contribution in [3.8, 4) is 0 Å². The van der Waals surface area contributed by atoms with E-state index < -0.39 is 29.7 Å². The van der Waals surface area contributed by atoms with Crippen molar-refractivity contribution in [2.45, 2.75) is 112 Å². The summed E-state index contributed by atoms with van der Waals surface area (Å²) in [5.74, 6) is 0.704. The molecule has 0 spiro atoms. The third-order valence-electron chi connectivity index (χ3n) is 10.9. The van der Waals surface area contributed by atoms with Crippen LogP contribution in [0.3, 0.4) is 0 Å². The van der Waals surface area contributed by atoms with E-state index in [1.165, 1.54) is 32.1 Å². The van der Waals surface area contributed by atoms with Crippen molar-refractivity contribution < 1.29 is 24.6 Å². The van der Waals surface area contributed by atoms with E-state index in [0.29, 0.717) is 35.5 Å². The van der Waals surface area contributed by atoms with Crippen LogP contribution >= 0.6 is 0 Å². The van der Waals surface area contributed by atoms with E-state index in [1.807, 2.05) is 6.92 Å². The summed E-state index contributed by atoms with van der Waals surface area (Å²) in [6.45, 7) is 13.8. The summed E-state index contributed by atoms with van der Waals surface area (Å²) in [5, 5.41) is 19.1. The molecule has 0 aromatic heterocycles. The number of carboxylic acids is 2. The summed E-state index contributed by atoms with van der Waals surface area (Å²) in [7, 11) is 0. The van der Waals surface area contributed by atoms with Gasteiger partial charge in [0.2, 0.25) is 0 Å². The number of aliphatic carboxylic acids is 2. The van der Waals surface area contributed by atoms with Gasteiger partial charge in [0.1, 0.15) is 5.78 Å². The molecule has 0 heterocycles. The van der Waals surface area contributed by atoms with Gasteiger partial charge in [0, 0.05) is 11.8 Å². The first-order chi connectivity index (χ1) is 16.3. The molecule has 0 saturated heterocycles. The maximum absolute atomic E-state index is 13.6.